The van der Waals surface area contributed by atoms with E-state index in [1.54, 1.807) is 17.7 Å². The summed E-state index contributed by atoms with van der Waals surface area (Å²) in [5.74, 6) is 0.331. The highest BCUT2D eigenvalue weighted by molar-refractivity contribution is 7.99. The summed E-state index contributed by atoms with van der Waals surface area (Å²) >= 11 is 3.10. The zero-order valence-corrected chi connectivity index (χ0v) is 15.2. The first kappa shape index (κ1) is 16.4. The summed E-state index contributed by atoms with van der Waals surface area (Å²) in [4.78, 5) is 13.7. The van der Waals surface area contributed by atoms with Crippen LogP contribution in [0.1, 0.15) is 35.4 Å². The normalized spacial score (nSPS) is 15.0. The molecule has 5 nitrogen and oxygen atoms in total. The minimum absolute atomic E-state index is 0.00222. The average molecular weight is 371 g/mol. The predicted molar refractivity (Wildman–Crippen MR) is 99.8 cm³/mol. The number of hydrogen-bond donors (Lipinski definition) is 1. The van der Waals surface area contributed by atoms with Crippen LogP contribution in [-0.2, 0) is 4.79 Å². The van der Waals surface area contributed by atoms with Crippen molar-refractivity contribution in [2.45, 2.75) is 30.1 Å². The lowest BCUT2D eigenvalue weighted by Gasteiger charge is -2.18. The molecule has 2 heterocycles. The maximum atomic E-state index is 12.5. The van der Waals surface area contributed by atoms with Gasteiger partial charge in [0.25, 0.3) is 0 Å². The predicted octanol–water partition coefficient (Wildman–Crippen LogP) is 3.67. The number of thiophene rings is 1. The summed E-state index contributed by atoms with van der Waals surface area (Å²) in [6.45, 7) is 0. The Morgan fingerprint density at radius 3 is 2.84 bits per heavy atom. The maximum absolute atomic E-state index is 12.5. The highest BCUT2D eigenvalue weighted by Gasteiger charge is 2.26. The molecule has 3 aromatic rings. The van der Waals surface area contributed by atoms with Gasteiger partial charge in [0.1, 0.15) is 6.33 Å². The number of amides is 1. The van der Waals surface area contributed by atoms with E-state index in [1.165, 1.54) is 24.6 Å². The molecule has 4 rings (SSSR count). The first-order valence-electron chi connectivity index (χ1n) is 8.21. The molecule has 1 N–H and O–H groups in total. The Hall–Kier alpha value is -2.12. The van der Waals surface area contributed by atoms with Crippen LogP contribution >= 0.6 is 23.1 Å². The number of carbonyl (C=O) groups is 1. The molecular weight excluding hydrogens is 352 g/mol. The van der Waals surface area contributed by atoms with Gasteiger partial charge >= 0.3 is 0 Å². The minimum Gasteiger partial charge on any atom is -0.344 e. The van der Waals surface area contributed by atoms with Crippen molar-refractivity contribution in [3.05, 3.63) is 64.6 Å². The van der Waals surface area contributed by atoms with Crippen LogP contribution in [0.15, 0.2) is 59.3 Å². The number of carbonyl (C=O) groups excluding carboxylic acids is 1. The molecule has 2 aromatic heterocycles. The van der Waals surface area contributed by atoms with E-state index < -0.39 is 0 Å². The van der Waals surface area contributed by atoms with E-state index in [-0.39, 0.29) is 11.9 Å². The van der Waals surface area contributed by atoms with Gasteiger partial charge in [-0.2, -0.15) is 0 Å². The Kier molecular flexibility index (Phi) is 4.85. The summed E-state index contributed by atoms with van der Waals surface area (Å²) in [6, 6.07) is 14.5. The number of aromatic nitrogens is 3. The van der Waals surface area contributed by atoms with Crippen LogP contribution in [0.3, 0.4) is 0 Å². The van der Waals surface area contributed by atoms with Crippen molar-refractivity contribution in [1.29, 1.82) is 0 Å². The Morgan fingerprint density at radius 2 is 2.12 bits per heavy atom. The van der Waals surface area contributed by atoms with E-state index in [4.69, 9.17) is 0 Å². The van der Waals surface area contributed by atoms with Crippen molar-refractivity contribution in [2.24, 2.45) is 0 Å². The number of nitrogens with one attached hydrogen (secondary N) is 1. The second-order valence-electron chi connectivity index (χ2n) is 5.97. The van der Waals surface area contributed by atoms with Gasteiger partial charge in [0.2, 0.25) is 5.91 Å². The summed E-state index contributed by atoms with van der Waals surface area (Å²) in [7, 11) is 0. The molecule has 1 aliphatic rings. The second kappa shape index (κ2) is 7.41. The van der Waals surface area contributed by atoms with Gasteiger partial charge in [0.15, 0.2) is 5.16 Å². The van der Waals surface area contributed by atoms with E-state index in [9.17, 15) is 4.79 Å². The van der Waals surface area contributed by atoms with Crippen LogP contribution < -0.4 is 5.32 Å². The van der Waals surface area contributed by atoms with Gasteiger partial charge in [-0.05, 0) is 29.9 Å². The fourth-order valence-electron chi connectivity index (χ4n) is 2.69. The van der Waals surface area contributed by atoms with Crippen LogP contribution in [0.25, 0.3) is 0 Å². The van der Waals surface area contributed by atoms with Crippen molar-refractivity contribution in [1.82, 2.24) is 20.1 Å². The zero-order chi connectivity index (χ0) is 17.1. The van der Waals surface area contributed by atoms with Gasteiger partial charge < -0.3 is 9.88 Å². The number of rotatable bonds is 7. The highest BCUT2D eigenvalue weighted by atomic mass is 32.2. The zero-order valence-electron chi connectivity index (χ0n) is 13.5. The van der Waals surface area contributed by atoms with Crippen molar-refractivity contribution >= 4 is 29.0 Å². The Morgan fingerprint density at radius 1 is 1.28 bits per heavy atom. The molecular formula is C18H18N4OS2. The van der Waals surface area contributed by atoms with Gasteiger partial charge in [-0.1, -0.05) is 48.2 Å². The summed E-state index contributed by atoms with van der Waals surface area (Å²) in [6.07, 6.45) is 4.11. The van der Waals surface area contributed by atoms with Gasteiger partial charge in [0.05, 0.1) is 11.8 Å². The first-order valence-corrected chi connectivity index (χ1v) is 10.1. The van der Waals surface area contributed by atoms with Crippen molar-refractivity contribution in [3.8, 4) is 0 Å². The van der Waals surface area contributed by atoms with Crippen LogP contribution in [-0.4, -0.2) is 26.4 Å². The number of benzene rings is 1. The average Bonchev–Trinajstić information content (AvgIpc) is 3.15. The van der Waals surface area contributed by atoms with Crippen LogP contribution in [0, 0.1) is 0 Å². The molecule has 0 aliphatic heterocycles. The smallest absolute Gasteiger partial charge is 0.231 e. The van der Waals surface area contributed by atoms with E-state index in [0.29, 0.717) is 11.8 Å². The molecule has 0 radical (unpaired) electrons. The van der Waals surface area contributed by atoms with Crippen molar-refractivity contribution < 1.29 is 4.79 Å². The van der Waals surface area contributed by atoms with Crippen LogP contribution in [0.4, 0.5) is 0 Å². The molecule has 25 heavy (non-hydrogen) atoms. The number of nitrogens with zero attached hydrogens (tertiary/aromatic N) is 3. The SMILES string of the molecule is O=C(CSc1nncn1C1CC1)N[C@H](c1ccccc1)c1cccs1. The minimum atomic E-state index is -0.115. The van der Waals surface area contributed by atoms with Crippen LogP contribution in [0.2, 0.25) is 0 Å². The molecule has 1 atom stereocenters. The summed E-state index contributed by atoms with van der Waals surface area (Å²) < 4.78 is 2.08. The van der Waals surface area contributed by atoms with Crippen molar-refractivity contribution in [2.75, 3.05) is 5.75 Å². The Bertz CT molecular complexity index is 828. The molecule has 128 valence electrons. The molecule has 0 saturated heterocycles. The molecule has 0 spiro atoms. The Balaban J connectivity index is 1.43. The quantitative estimate of drug-likeness (QED) is 0.645. The third-order valence-corrected chi connectivity index (χ3v) is 5.97. The molecule has 7 heteroatoms. The van der Waals surface area contributed by atoms with Gasteiger partial charge in [-0.15, -0.1) is 21.5 Å². The molecule has 0 unspecified atom stereocenters. The van der Waals surface area contributed by atoms with Gasteiger partial charge in [0, 0.05) is 10.9 Å². The fourth-order valence-corrected chi connectivity index (χ4v) is 4.29. The van der Waals surface area contributed by atoms with E-state index in [2.05, 4.69) is 26.1 Å². The Labute approximate surface area is 154 Å². The monoisotopic (exact) mass is 370 g/mol. The molecule has 1 aromatic carbocycles. The van der Waals surface area contributed by atoms with Crippen LogP contribution in [0.5, 0.6) is 0 Å². The van der Waals surface area contributed by atoms with Gasteiger partial charge in [-0.25, -0.2) is 0 Å². The number of hydrogen-bond acceptors (Lipinski definition) is 5. The third kappa shape index (κ3) is 3.93. The second-order valence-corrected chi connectivity index (χ2v) is 7.89. The maximum Gasteiger partial charge on any atom is 0.231 e. The lowest BCUT2D eigenvalue weighted by Crippen LogP contribution is -2.30. The van der Waals surface area contributed by atoms with E-state index in [1.807, 2.05) is 41.8 Å². The summed E-state index contributed by atoms with van der Waals surface area (Å²) in [5.41, 5.74) is 1.09. The standard InChI is InChI=1S/C18H18N4OS2/c23-16(11-25-18-21-19-12-22(18)14-8-9-14)20-17(15-7-4-10-24-15)13-5-2-1-3-6-13/h1-7,10,12,14,17H,8-9,11H2,(H,20,23)/t17-/m1/s1. The first-order chi connectivity index (χ1) is 12.3. The molecule has 1 amide bonds. The highest BCUT2D eigenvalue weighted by Crippen LogP contribution is 2.37. The topological polar surface area (TPSA) is 59.8 Å². The molecule has 1 aliphatic carbocycles. The van der Waals surface area contributed by atoms with E-state index in [0.717, 1.165) is 15.6 Å². The fraction of sp³-hybridized carbons (Fsp3) is 0.278. The third-order valence-electron chi connectivity index (χ3n) is 4.08. The van der Waals surface area contributed by atoms with Crippen molar-refractivity contribution in [3.63, 3.8) is 0 Å². The lowest BCUT2D eigenvalue weighted by molar-refractivity contribution is -0.119. The lowest BCUT2D eigenvalue weighted by atomic mass is 10.1. The van der Waals surface area contributed by atoms with Gasteiger partial charge in [-0.3, -0.25) is 4.79 Å². The molecule has 1 saturated carbocycles. The largest absolute Gasteiger partial charge is 0.344 e. The van der Waals surface area contributed by atoms with E-state index >= 15 is 0 Å². The number of thioether (sulfide) groups is 1. The molecule has 0 bridgehead atoms. The summed E-state index contributed by atoms with van der Waals surface area (Å²) in [5, 5.41) is 14.1. The molecule has 1 fully saturated rings.